The van der Waals surface area contributed by atoms with Crippen LogP contribution in [-0.2, 0) is 4.74 Å². The SMILES string of the molecule is CCC1COC(C)CN1CCC(C#N)NC(C)C. The van der Waals surface area contributed by atoms with Crippen LogP contribution in [0, 0.1) is 11.3 Å². The standard InChI is InChI=1S/C14H27N3O/c1-5-14-10-18-12(4)9-17(14)7-6-13(8-15)16-11(2)3/h11-14,16H,5-7,9-10H2,1-4H3. The third kappa shape index (κ3) is 4.93. The summed E-state index contributed by atoms with van der Waals surface area (Å²) < 4.78 is 5.69. The molecule has 0 aromatic carbocycles. The minimum absolute atomic E-state index is 0.0411. The zero-order chi connectivity index (χ0) is 13.5. The van der Waals surface area contributed by atoms with E-state index in [0.717, 1.165) is 32.5 Å². The molecule has 1 N–H and O–H groups in total. The predicted octanol–water partition coefficient (Wildman–Crippen LogP) is 1.77. The van der Waals surface area contributed by atoms with Crippen LogP contribution < -0.4 is 5.32 Å². The molecule has 0 aromatic rings. The van der Waals surface area contributed by atoms with Crippen molar-refractivity contribution in [1.82, 2.24) is 10.2 Å². The van der Waals surface area contributed by atoms with Gasteiger partial charge in [-0.2, -0.15) is 5.26 Å². The lowest BCUT2D eigenvalue weighted by molar-refractivity contribution is -0.0563. The monoisotopic (exact) mass is 253 g/mol. The van der Waals surface area contributed by atoms with Gasteiger partial charge in [0.25, 0.3) is 0 Å². The molecule has 0 amide bonds. The van der Waals surface area contributed by atoms with Gasteiger partial charge in [0.05, 0.1) is 24.8 Å². The van der Waals surface area contributed by atoms with Crippen LogP contribution in [0.2, 0.25) is 0 Å². The molecular formula is C14H27N3O. The first kappa shape index (κ1) is 15.4. The number of rotatable bonds is 6. The van der Waals surface area contributed by atoms with Crippen LogP contribution in [0.3, 0.4) is 0 Å². The van der Waals surface area contributed by atoms with E-state index in [1.54, 1.807) is 0 Å². The minimum atomic E-state index is -0.0411. The topological polar surface area (TPSA) is 48.3 Å². The van der Waals surface area contributed by atoms with Crippen molar-refractivity contribution in [2.75, 3.05) is 19.7 Å². The van der Waals surface area contributed by atoms with Crippen LogP contribution >= 0.6 is 0 Å². The van der Waals surface area contributed by atoms with E-state index in [0.29, 0.717) is 18.2 Å². The number of ether oxygens (including phenoxy) is 1. The Morgan fingerprint density at radius 3 is 2.78 bits per heavy atom. The van der Waals surface area contributed by atoms with Gasteiger partial charge in [-0.15, -0.1) is 0 Å². The first-order valence-electron chi connectivity index (χ1n) is 7.08. The Labute approximate surface area is 111 Å². The van der Waals surface area contributed by atoms with Gasteiger partial charge in [0.1, 0.15) is 0 Å². The summed E-state index contributed by atoms with van der Waals surface area (Å²) in [5.41, 5.74) is 0. The Balaban J connectivity index is 2.41. The molecule has 0 bridgehead atoms. The van der Waals surface area contributed by atoms with E-state index in [9.17, 15) is 0 Å². The molecule has 1 aliphatic rings. The number of hydrogen-bond acceptors (Lipinski definition) is 4. The molecular weight excluding hydrogens is 226 g/mol. The Hall–Kier alpha value is -0.630. The second-order valence-corrected chi connectivity index (χ2v) is 5.49. The molecule has 1 saturated heterocycles. The number of nitriles is 1. The largest absolute Gasteiger partial charge is 0.376 e. The molecule has 1 rings (SSSR count). The summed E-state index contributed by atoms with van der Waals surface area (Å²) in [4.78, 5) is 2.47. The Morgan fingerprint density at radius 2 is 2.22 bits per heavy atom. The maximum atomic E-state index is 9.12. The zero-order valence-electron chi connectivity index (χ0n) is 12.1. The number of nitrogens with zero attached hydrogens (tertiary/aromatic N) is 2. The maximum absolute atomic E-state index is 9.12. The van der Waals surface area contributed by atoms with E-state index >= 15 is 0 Å². The summed E-state index contributed by atoms with van der Waals surface area (Å²) >= 11 is 0. The summed E-state index contributed by atoms with van der Waals surface area (Å²) in [6.45, 7) is 11.3. The van der Waals surface area contributed by atoms with Gasteiger partial charge >= 0.3 is 0 Å². The summed E-state index contributed by atoms with van der Waals surface area (Å²) in [7, 11) is 0. The Kier molecular flexibility index (Phi) is 6.62. The molecule has 4 heteroatoms. The predicted molar refractivity (Wildman–Crippen MR) is 73.4 cm³/mol. The molecule has 104 valence electrons. The molecule has 0 saturated carbocycles. The third-order valence-corrected chi connectivity index (χ3v) is 3.45. The number of morpholine rings is 1. The highest BCUT2D eigenvalue weighted by Crippen LogP contribution is 2.15. The fourth-order valence-electron chi connectivity index (χ4n) is 2.45. The molecule has 0 aliphatic carbocycles. The summed E-state index contributed by atoms with van der Waals surface area (Å²) in [6.07, 6.45) is 2.31. The van der Waals surface area contributed by atoms with Crippen LogP contribution in [-0.4, -0.2) is 48.8 Å². The summed E-state index contributed by atoms with van der Waals surface area (Å²) in [5, 5.41) is 12.4. The molecule has 1 aliphatic heterocycles. The number of hydrogen-bond donors (Lipinski definition) is 1. The van der Waals surface area contributed by atoms with Crippen LogP contribution in [0.4, 0.5) is 0 Å². The van der Waals surface area contributed by atoms with Crippen molar-refractivity contribution < 1.29 is 4.74 Å². The first-order chi connectivity index (χ1) is 8.56. The van der Waals surface area contributed by atoms with E-state index in [1.165, 1.54) is 0 Å². The van der Waals surface area contributed by atoms with Crippen LogP contribution in [0.25, 0.3) is 0 Å². The summed E-state index contributed by atoms with van der Waals surface area (Å²) in [6, 6.07) is 3.18. The van der Waals surface area contributed by atoms with E-state index in [4.69, 9.17) is 10.00 Å². The van der Waals surface area contributed by atoms with Crippen LogP contribution in [0.1, 0.15) is 40.5 Å². The highest BCUT2D eigenvalue weighted by molar-refractivity contribution is 4.92. The van der Waals surface area contributed by atoms with Gasteiger partial charge in [0, 0.05) is 25.2 Å². The second-order valence-electron chi connectivity index (χ2n) is 5.49. The van der Waals surface area contributed by atoms with Gasteiger partial charge in [0.2, 0.25) is 0 Å². The van der Waals surface area contributed by atoms with E-state index < -0.39 is 0 Å². The van der Waals surface area contributed by atoms with Crippen molar-refractivity contribution in [3.05, 3.63) is 0 Å². The number of nitrogens with one attached hydrogen (secondary N) is 1. The van der Waals surface area contributed by atoms with Crippen LogP contribution in [0.15, 0.2) is 0 Å². The molecule has 4 nitrogen and oxygen atoms in total. The quantitative estimate of drug-likeness (QED) is 0.783. The second kappa shape index (κ2) is 7.73. The van der Waals surface area contributed by atoms with Gasteiger partial charge in [-0.25, -0.2) is 0 Å². The molecule has 0 aromatic heterocycles. The van der Waals surface area contributed by atoms with Crippen molar-refractivity contribution in [3.63, 3.8) is 0 Å². The molecule has 18 heavy (non-hydrogen) atoms. The van der Waals surface area contributed by atoms with Crippen molar-refractivity contribution in [2.24, 2.45) is 0 Å². The zero-order valence-corrected chi connectivity index (χ0v) is 12.1. The maximum Gasteiger partial charge on any atom is 0.0967 e. The average Bonchev–Trinajstić information content (AvgIpc) is 2.34. The van der Waals surface area contributed by atoms with Crippen LogP contribution in [0.5, 0.6) is 0 Å². The third-order valence-electron chi connectivity index (χ3n) is 3.45. The lowest BCUT2D eigenvalue weighted by Crippen LogP contribution is -2.50. The lowest BCUT2D eigenvalue weighted by atomic mass is 10.1. The van der Waals surface area contributed by atoms with E-state index in [1.807, 2.05) is 0 Å². The Morgan fingerprint density at radius 1 is 1.50 bits per heavy atom. The van der Waals surface area contributed by atoms with Gasteiger partial charge in [-0.1, -0.05) is 6.92 Å². The van der Waals surface area contributed by atoms with E-state index in [-0.39, 0.29) is 6.04 Å². The normalized spacial score (nSPS) is 27.1. The highest BCUT2D eigenvalue weighted by Gasteiger charge is 2.25. The molecule has 0 radical (unpaired) electrons. The van der Waals surface area contributed by atoms with Crippen molar-refractivity contribution in [3.8, 4) is 6.07 Å². The summed E-state index contributed by atoms with van der Waals surface area (Å²) in [5.74, 6) is 0. The fraction of sp³-hybridized carbons (Fsp3) is 0.929. The smallest absolute Gasteiger partial charge is 0.0967 e. The van der Waals surface area contributed by atoms with Crippen molar-refractivity contribution >= 4 is 0 Å². The average molecular weight is 253 g/mol. The first-order valence-corrected chi connectivity index (χ1v) is 7.08. The van der Waals surface area contributed by atoms with Crippen molar-refractivity contribution in [2.45, 2.75) is 64.8 Å². The molecule has 3 unspecified atom stereocenters. The lowest BCUT2D eigenvalue weighted by Gasteiger charge is -2.38. The molecule has 1 heterocycles. The van der Waals surface area contributed by atoms with Gasteiger partial charge in [0.15, 0.2) is 0 Å². The van der Waals surface area contributed by atoms with Gasteiger partial charge < -0.3 is 4.74 Å². The van der Waals surface area contributed by atoms with Crippen molar-refractivity contribution in [1.29, 1.82) is 5.26 Å². The molecule has 0 spiro atoms. The van der Waals surface area contributed by atoms with Gasteiger partial charge in [-0.05, 0) is 33.6 Å². The molecule has 1 fully saturated rings. The highest BCUT2D eigenvalue weighted by atomic mass is 16.5. The molecule has 3 atom stereocenters. The minimum Gasteiger partial charge on any atom is -0.376 e. The van der Waals surface area contributed by atoms with Gasteiger partial charge in [-0.3, -0.25) is 10.2 Å². The fourth-order valence-corrected chi connectivity index (χ4v) is 2.45. The Bertz CT molecular complexity index is 275. The van der Waals surface area contributed by atoms with E-state index in [2.05, 4.69) is 44.0 Å².